The predicted molar refractivity (Wildman–Crippen MR) is 86.5 cm³/mol. The van der Waals surface area contributed by atoms with Gasteiger partial charge in [0.05, 0.1) is 11.0 Å². The Bertz CT molecular complexity index is 725. The summed E-state index contributed by atoms with van der Waals surface area (Å²) in [6, 6.07) is 8.67. The standard InChI is InChI=1S/C16H16BrNO5/c1-10-12(16(20)21)7-11(23-10)8-18(2)15(19)9-22-14-6-4-3-5-13(14)17/h3-7H,8-9H2,1-2H3,(H,20,21). The van der Waals surface area contributed by atoms with E-state index in [4.69, 9.17) is 14.3 Å². The van der Waals surface area contributed by atoms with Crippen molar-refractivity contribution in [3.8, 4) is 5.75 Å². The largest absolute Gasteiger partial charge is 0.483 e. The molecule has 0 aliphatic carbocycles. The maximum atomic E-state index is 12.1. The van der Waals surface area contributed by atoms with E-state index in [9.17, 15) is 9.59 Å². The zero-order valence-electron chi connectivity index (χ0n) is 12.7. The molecule has 7 heteroatoms. The molecule has 1 heterocycles. The Morgan fingerprint density at radius 1 is 1.35 bits per heavy atom. The summed E-state index contributed by atoms with van der Waals surface area (Å²) in [7, 11) is 1.60. The maximum absolute atomic E-state index is 12.1. The van der Waals surface area contributed by atoms with Crippen molar-refractivity contribution in [1.82, 2.24) is 4.90 Å². The van der Waals surface area contributed by atoms with Gasteiger partial charge in [-0.05, 0) is 41.1 Å². The predicted octanol–water partition coefficient (Wildman–Crippen LogP) is 3.09. The van der Waals surface area contributed by atoms with E-state index in [1.165, 1.54) is 11.0 Å². The van der Waals surface area contributed by atoms with Gasteiger partial charge in [0.15, 0.2) is 6.61 Å². The summed E-state index contributed by atoms with van der Waals surface area (Å²) < 4.78 is 11.6. The SMILES string of the molecule is Cc1oc(CN(C)C(=O)COc2ccccc2Br)cc1C(=O)O. The van der Waals surface area contributed by atoms with Crippen LogP contribution < -0.4 is 4.74 Å². The van der Waals surface area contributed by atoms with E-state index < -0.39 is 5.97 Å². The molecule has 0 saturated heterocycles. The van der Waals surface area contributed by atoms with Crippen LogP contribution >= 0.6 is 15.9 Å². The normalized spacial score (nSPS) is 10.4. The van der Waals surface area contributed by atoms with E-state index in [0.29, 0.717) is 17.3 Å². The van der Waals surface area contributed by atoms with Gasteiger partial charge in [0.25, 0.3) is 5.91 Å². The first kappa shape index (κ1) is 17.1. The quantitative estimate of drug-likeness (QED) is 0.831. The van der Waals surface area contributed by atoms with Gasteiger partial charge in [0, 0.05) is 7.05 Å². The topological polar surface area (TPSA) is 80.0 Å². The minimum atomic E-state index is -1.05. The first-order chi connectivity index (χ1) is 10.9. The third kappa shape index (κ3) is 4.35. The highest BCUT2D eigenvalue weighted by molar-refractivity contribution is 9.10. The Morgan fingerprint density at radius 3 is 2.65 bits per heavy atom. The van der Waals surface area contributed by atoms with Crippen molar-refractivity contribution in [2.75, 3.05) is 13.7 Å². The number of carbonyl (C=O) groups excluding carboxylic acids is 1. The maximum Gasteiger partial charge on any atom is 0.339 e. The number of nitrogens with zero attached hydrogens (tertiary/aromatic N) is 1. The summed E-state index contributed by atoms with van der Waals surface area (Å²) in [5, 5.41) is 8.99. The highest BCUT2D eigenvalue weighted by atomic mass is 79.9. The Kier molecular flexibility index (Phi) is 5.44. The highest BCUT2D eigenvalue weighted by Gasteiger charge is 2.17. The van der Waals surface area contributed by atoms with Gasteiger partial charge in [0.2, 0.25) is 0 Å². The van der Waals surface area contributed by atoms with E-state index in [1.54, 1.807) is 20.0 Å². The number of para-hydroxylation sites is 1. The number of carbonyl (C=O) groups is 2. The minimum Gasteiger partial charge on any atom is -0.483 e. The van der Waals surface area contributed by atoms with Crippen LogP contribution in [0.2, 0.25) is 0 Å². The number of carboxylic acid groups (broad SMARTS) is 1. The van der Waals surface area contributed by atoms with Crippen LogP contribution in [0.3, 0.4) is 0 Å². The number of hydrogen-bond donors (Lipinski definition) is 1. The third-order valence-corrected chi connectivity index (χ3v) is 3.86. The van der Waals surface area contributed by atoms with E-state index in [0.717, 1.165) is 4.47 Å². The van der Waals surface area contributed by atoms with Crippen molar-refractivity contribution < 1.29 is 23.8 Å². The van der Waals surface area contributed by atoms with Gasteiger partial charge in [-0.25, -0.2) is 4.79 Å². The smallest absolute Gasteiger partial charge is 0.339 e. The second kappa shape index (κ2) is 7.32. The monoisotopic (exact) mass is 381 g/mol. The summed E-state index contributed by atoms with van der Waals surface area (Å²) in [5.41, 5.74) is 0.102. The number of amides is 1. The Morgan fingerprint density at radius 2 is 2.04 bits per heavy atom. The van der Waals surface area contributed by atoms with E-state index in [-0.39, 0.29) is 24.6 Å². The van der Waals surface area contributed by atoms with Crippen LogP contribution in [-0.2, 0) is 11.3 Å². The summed E-state index contributed by atoms with van der Waals surface area (Å²) in [5.74, 6) is 0.0149. The van der Waals surface area contributed by atoms with Crippen LogP contribution in [0.5, 0.6) is 5.75 Å². The van der Waals surface area contributed by atoms with Crippen molar-refractivity contribution in [1.29, 1.82) is 0 Å². The fraction of sp³-hybridized carbons (Fsp3) is 0.250. The molecule has 2 rings (SSSR count). The van der Waals surface area contributed by atoms with Crippen LogP contribution in [0.25, 0.3) is 0 Å². The molecule has 1 amide bonds. The molecule has 0 aliphatic rings. The zero-order chi connectivity index (χ0) is 17.0. The van der Waals surface area contributed by atoms with Gasteiger partial charge >= 0.3 is 5.97 Å². The Labute approximate surface area is 141 Å². The average Bonchev–Trinajstić information content (AvgIpc) is 2.86. The zero-order valence-corrected chi connectivity index (χ0v) is 14.3. The highest BCUT2D eigenvalue weighted by Crippen LogP contribution is 2.23. The molecule has 0 atom stereocenters. The molecule has 0 bridgehead atoms. The molecule has 0 fully saturated rings. The first-order valence-corrected chi connectivity index (χ1v) is 7.61. The molecule has 2 aromatic rings. The molecule has 1 aromatic carbocycles. The number of carboxylic acids is 1. The molecule has 6 nitrogen and oxygen atoms in total. The van der Waals surface area contributed by atoms with Gasteiger partial charge in [-0.15, -0.1) is 0 Å². The molecular formula is C16H16BrNO5. The molecule has 1 N–H and O–H groups in total. The number of aryl methyl sites for hydroxylation is 1. The number of furan rings is 1. The molecule has 0 radical (unpaired) electrons. The van der Waals surface area contributed by atoms with Crippen LogP contribution in [0.15, 0.2) is 39.2 Å². The number of halogens is 1. The van der Waals surface area contributed by atoms with Crippen molar-refractivity contribution in [3.63, 3.8) is 0 Å². The number of hydrogen-bond acceptors (Lipinski definition) is 4. The molecular weight excluding hydrogens is 366 g/mol. The molecule has 0 spiro atoms. The Balaban J connectivity index is 1.94. The second-order valence-corrected chi connectivity index (χ2v) is 5.81. The lowest BCUT2D eigenvalue weighted by Gasteiger charge is -2.16. The molecule has 0 aliphatic heterocycles. The van der Waals surface area contributed by atoms with Crippen LogP contribution in [0.1, 0.15) is 21.9 Å². The minimum absolute atomic E-state index is 0.102. The third-order valence-electron chi connectivity index (χ3n) is 3.21. The van der Waals surface area contributed by atoms with E-state index >= 15 is 0 Å². The second-order valence-electron chi connectivity index (χ2n) is 4.96. The number of aromatic carboxylic acids is 1. The van der Waals surface area contributed by atoms with Crippen molar-refractivity contribution in [2.24, 2.45) is 0 Å². The molecule has 0 saturated carbocycles. The average molecular weight is 382 g/mol. The number of likely N-dealkylation sites (N-methyl/N-ethyl adjacent to an activating group) is 1. The summed E-state index contributed by atoms with van der Waals surface area (Å²) >= 11 is 3.34. The van der Waals surface area contributed by atoms with Gasteiger partial charge in [-0.1, -0.05) is 12.1 Å². The molecule has 122 valence electrons. The first-order valence-electron chi connectivity index (χ1n) is 6.82. The van der Waals surface area contributed by atoms with Crippen LogP contribution in [-0.4, -0.2) is 35.5 Å². The Hall–Kier alpha value is -2.28. The van der Waals surface area contributed by atoms with Crippen LogP contribution in [0, 0.1) is 6.92 Å². The van der Waals surface area contributed by atoms with Crippen molar-refractivity contribution in [2.45, 2.75) is 13.5 Å². The fourth-order valence-electron chi connectivity index (χ4n) is 1.97. The van der Waals surface area contributed by atoms with Crippen molar-refractivity contribution >= 4 is 27.8 Å². The summed E-state index contributed by atoms with van der Waals surface area (Å²) in [6.45, 7) is 1.63. The van der Waals surface area contributed by atoms with E-state index in [1.807, 2.05) is 18.2 Å². The lowest BCUT2D eigenvalue weighted by Crippen LogP contribution is -2.30. The van der Waals surface area contributed by atoms with E-state index in [2.05, 4.69) is 15.9 Å². The number of ether oxygens (including phenoxy) is 1. The lowest BCUT2D eigenvalue weighted by atomic mass is 10.2. The summed E-state index contributed by atoms with van der Waals surface area (Å²) in [6.07, 6.45) is 0. The van der Waals surface area contributed by atoms with Crippen molar-refractivity contribution in [3.05, 3.63) is 51.9 Å². The van der Waals surface area contributed by atoms with Gasteiger partial charge in [0.1, 0.15) is 22.8 Å². The molecule has 23 heavy (non-hydrogen) atoms. The van der Waals surface area contributed by atoms with Crippen LogP contribution in [0.4, 0.5) is 0 Å². The van der Waals surface area contributed by atoms with Gasteiger partial charge < -0.3 is 19.2 Å². The lowest BCUT2D eigenvalue weighted by molar-refractivity contribution is -0.132. The number of benzene rings is 1. The molecule has 1 aromatic heterocycles. The number of rotatable bonds is 6. The molecule has 0 unspecified atom stereocenters. The van der Waals surface area contributed by atoms with Gasteiger partial charge in [-0.2, -0.15) is 0 Å². The summed E-state index contributed by atoms with van der Waals surface area (Å²) in [4.78, 5) is 24.5. The van der Waals surface area contributed by atoms with Gasteiger partial charge in [-0.3, -0.25) is 4.79 Å². The fourth-order valence-corrected chi connectivity index (χ4v) is 2.37.